The summed E-state index contributed by atoms with van der Waals surface area (Å²) >= 11 is 3.34. The predicted molar refractivity (Wildman–Crippen MR) is 72.6 cm³/mol. The number of nitrogens with two attached hydrogens (primary N) is 1. The molecule has 0 aromatic heterocycles. The number of hydrogen-bond acceptors (Lipinski definition) is 2. The van der Waals surface area contributed by atoms with Gasteiger partial charge in [0.05, 0.1) is 5.92 Å². The van der Waals surface area contributed by atoms with Crippen molar-refractivity contribution in [3.05, 3.63) is 28.2 Å². The first-order valence-corrected chi connectivity index (χ1v) is 6.98. The molecule has 2 nitrogen and oxygen atoms in total. The SMILES string of the molecule is Nc1cc(Br)cc(CN2CCCC(C(F)(F)F)C2)c1. The van der Waals surface area contributed by atoms with Gasteiger partial charge in [0.15, 0.2) is 0 Å². The molecule has 106 valence electrons. The Hall–Kier alpha value is -0.750. The fourth-order valence-electron chi connectivity index (χ4n) is 2.49. The molecule has 0 bridgehead atoms. The smallest absolute Gasteiger partial charge is 0.393 e. The molecule has 1 aromatic carbocycles. The summed E-state index contributed by atoms with van der Waals surface area (Å²) in [6, 6.07) is 5.48. The lowest BCUT2D eigenvalue weighted by Gasteiger charge is -2.33. The summed E-state index contributed by atoms with van der Waals surface area (Å²) in [5.74, 6) is -1.20. The number of benzene rings is 1. The minimum Gasteiger partial charge on any atom is -0.399 e. The van der Waals surface area contributed by atoms with Crippen molar-refractivity contribution in [1.29, 1.82) is 0 Å². The number of anilines is 1. The Labute approximate surface area is 118 Å². The maximum Gasteiger partial charge on any atom is 0.393 e. The number of alkyl halides is 3. The molecular weight excluding hydrogens is 321 g/mol. The summed E-state index contributed by atoms with van der Waals surface area (Å²) in [7, 11) is 0. The highest BCUT2D eigenvalue weighted by Crippen LogP contribution is 2.33. The van der Waals surface area contributed by atoms with Gasteiger partial charge in [0, 0.05) is 23.2 Å². The molecule has 1 heterocycles. The van der Waals surface area contributed by atoms with Gasteiger partial charge in [0.25, 0.3) is 0 Å². The van der Waals surface area contributed by atoms with Crippen molar-refractivity contribution in [2.24, 2.45) is 5.92 Å². The van der Waals surface area contributed by atoms with Crippen molar-refractivity contribution < 1.29 is 13.2 Å². The van der Waals surface area contributed by atoms with Gasteiger partial charge in [-0.25, -0.2) is 0 Å². The van der Waals surface area contributed by atoms with E-state index in [-0.39, 0.29) is 13.0 Å². The zero-order valence-corrected chi connectivity index (χ0v) is 12.0. The molecule has 1 aliphatic heterocycles. The van der Waals surface area contributed by atoms with Gasteiger partial charge in [-0.15, -0.1) is 0 Å². The lowest BCUT2D eigenvalue weighted by atomic mass is 9.97. The lowest BCUT2D eigenvalue weighted by molar-refractivity contribution is -0.187. The van der Waals surface area contributed by atoms with Crippen LogP contribution in [0.25, 0.3) is 0 Å². The number of hydrogen-bond donors (Lipinski definition) is 1. The number of likely N-dealkylation sites (tertiary alicyclic amines) is 1. The van der Waals surface area contributed by atoms with Crippen LogP contribution in [0, 0.1) is 5.92 Å². The van der Waals surface area contributed by atoms with E-state index in [2.05, 4.69) is 15.9 Å². The highest BCUT2D eigenvalue weighted by molar-refractivity contribution is 9.10. The van der Waals surface area contributed by atoms with Crippen LogP contribution in [0.3, 0.4) is 0 Å². The molecule has 2 N–H and O–H groups in total. The average Bonchev–Trinajstić information content (AvgIpc) is 2.26. The molecule has 0 aliphatic carbocycles. The third kappa shape index (κ3) is 4.11. The molecule has 1 saturated heterocycles. The molecule has 1 unspecified atom stereocenters. The molecule has 0 saturated carbocycles. The van der Waals surface area contributed by atoms with Crippen molar-refractivity contribution >= 4 is 21.6 Å². The summed E-state index contributed by atoms with van der Waals surface area (Å²) < 4.78 is 39.0. The number of piperidine rings is 1. The zero-order chi connectivity index (χ0) is 14.0. The quantitative estimate of drug-likeness (QED) is 0.832. The third-order valence-corrected chi connectivity index (χ3v) is 3.81. The van der Waals surface area contributed by atoms with Gasteiger partial charge < -0.3 is 5.73 Å². The Bertz CT molecular complexity index is 428. The first-order chi connectivity index (χ1) is 8.84. The minimum absolute atomic E-state index is 0.0793. The van der Waals surface area contributed by atoms with Gasteiger partial charge in [-0.1, -0.05) is 15.9 Å². The first-order valence-electron chi connectivity index (χ1n) is 6.18. The Morgan fingerprint density at radius 1 is 1.32 bits per heavy atom. The lowest BCUT2D eigenvalue weighted by Crippen LogP contribution is -2.41. The fourth-order valence-corrected chi connectivity index (χ4v) is 3.05. The molecule has 0 spiro atoms. The number of nitrogens with zero attached hydrogens (tertiary/aromatic N) is 1. The predicted octanol–water partition coefficient (Wildman–Crippen LogP) is 3.81. The van der Waals surface area contributed by atoms with Crippen LogP contribution in [-0.2, 0) is 6.54 Å². The third-order valence-electron chi connectivity index (χ3n) is 3.35. The van der Waals surface area contributed by atoms with Gasteiger partial charge in [0.1, 0.15) is 0 Å². The van der Waals surface area contributed by atoms with Gasteiger partial charge in [-0.2, -0.15) is 13.2 Å². The summed E-state index contributed by atoms with van der Waals surface area (Å²) in [5.41, 5.74) is 7.29. The van der Waals surface area contributed by atoms with Crippen molar-refractivity contribution in [2.45, 2.75) is 25.6 Å². The molecular formula is C13H16BrF3N2. The highest BCUT2D eigenvalue weighted by Gasteiger charge is 2.41. The standard InChI is InChI=1S/C13H16BrF3N2/c14-11-4-9(5-12(18)6-11)7-19-3-1-2-10(8-19)13(15,16)17/h4-6,10H,1-3,7-8,18H2. The van der Waals surface area contributed by atoms with Crippen LogP contribution in [0.2, 0.25) is 0 Å². The summed E-state index contributed by atoms with van der Waals surface area (Å²) in [6.45, 7) is 1.30. The molecule has 1 aliphatic rings. The van der Waals surface area contributed by atoms with E-state index in [4.69, 9.17) is 5.73 Å². The summed E-state index contributed by atoms with van der Waals surface area (Å²) in [6.07, 6.45) is -3.26. The Morgan fingerprint density at radius 3 is 2.68 bits per heavy atom. The first kappa shape index (κ1) is 14.7. The molecule has 1 aromatic rings. The van der Waals surface area contributed by atoms with Crippen LogP contribution in [0.15, 0.2) is 22.7 Å². The van der Waals surface area contributed by atoms with Crippen LogP contribution >= 0.6 is 15.9 Å². The van der Waals surface area contributed by atoms with Crippen molar-refractivity contribution in [3.63, 3.8) is 0 Å². The normalized spacial score (nSPS) is 21.6. The number of rotatable bonds is 2. The monoisotopic (exact) mass is 336 g/mol. The van der Waals surface area contributed by atoms with Crippen molar-refractivity contribution in [1.82, 2.24) is 4.90 Å². The van der Waals surface area contributed by atoms with E-state index in [0.717, 1.165) is 10.0 Å². The van der Waals surface area contributed by atoms with Gasteiger partial charge in [-0.3, -0.25) is 4.90 Å². The Balaban J connectivity index is 2.02. The minimum atomic E-state index is -4.09. The second-order valence-corrected chi connectivity index (χ2v) is 5.92. The van der Waals surface area contributed by atoms with Gasteiger partial charge in [0.2, 0.25) is 0 Å². The Kier molecular flexibility index (Phi) is 4.40. The molecule has 0 radical (unpaired) electrons. The van der Waals surface area contributed by atoms with Crippen molar-refractivity contribution in [2.75, 3.05) is 18.8 Å². The highest BCUT2D eigenvalue weighted by atomic mass is 79.9. The summed E-state index contributed by atoms with van der Waals surface area (Å²) in [4.78, 5) is 1.85. The van der Waals surface area contributed by atoms with E-state index in [1.54, 1.807) is 6.07 Å². The molecule has 2 rings (SSSR count). The molecule has 1 atom stereocenters. The van der Waals surface area contributed by atoms with Crippen LogP contribution in [0.1, 0.15) is 18.4 Å². The second-order valence-electron chi connectivity index (χ2n) is 5.01. The Morgan fingerprint density at radius 2 is 2.05 bits per heavy atom. The van der Waals surface area contributed by atoms with E-state index in [1.807, 2.05) is 17.0 Å². The molecule has 19 heavy (non-hydrogen) atoms. The van der Waals surface area contributed by atoms with E-state index >= 15 is 0 Å². The largest absolute Gasteiger partial charge is 0.399 e. The van der Waals surface area contributed by atoms with E-state index in [0.29, 0.717) is 25.2 Å². The zero-order valence-electron chi connectivity index (χ0n) is 10.4. The van der Waals surface area contributed by atoms with Gasteiger partial charge in [-0.05, 0) is 43.1 Å². The fraction of sp³-hybridized carbons (Fsp3) is 0.538. The van der Waals surface area contributed by atoms with Crippen LogP contribution < -0.4 is 5.73 Å². The van der Waals surface area contributed by atoms with E-state index in [9.17, 15) is 13.2 Å². The number of nitrogen functional groups attached to an aromatic ring is 1. The van der Waals surface area contributed by atoms with E-state index in [1.165, 1.54) is 0 Å². The topological polar surface area (TPSA) is 29.3 Å². The van der Waals surface area contributed by atoms with Crippen LogP contribution in [0.5, 0.6) is 0 Å². The maximum atomic E-state index is 12.7. The van der Waals surface area contributed by atoms with Gasteiger partial charge >= 0.3 is 6.18 Å². The van der Waals surface area contributed by atoms with E-state index < -0.39 is 12.1 Å². The molecule has 1 fully saturated rings. The molecule has 0 amide bonds. The summed E-state index contributed by atoms with van der Waals surface area (Å²) in [5, 5.41) is 0. The average molecular weight is 337 g/mol. The van der Waals surface area contributed by atoms with Crippen molar-refractivity contribution in [3.8, 4) is 0 Å². The number of halogens is 4. The van der Waals surface area contributed by atoms with Crippen LogP contribution in [0.4, 0.5) is 18.9 Å². The molecule has 6 heteroatoms. The maximum absolute atomic E-state index is 12.7. The van der Waals surface area contributed by atoms with Crippen LogP contribution in [-0.4, -0.2) is 24.2 Å². The second kappa shape index (κ2) is 5.71.